The second kappa shape index (κ2) is 9.21. The minimum atomic E-state index is -4.65. The van der Waals surface area contributed by atoms with Gasteiger partial charge < -0.3 is 16.0 Å². The largest absolute Gasteiger partial charge is 0.397 e. The number of carbonyl (C=O) groups is 3. The molecular weight excluding hydrogens is 442 g/mol. The molecule has 6 nitrogen and oxygen atoms in total. The van der Waals surface area contributed by atoms with Gasteiger partial charge in [0.15, 0.2) is 0 Å². The highest BCUT2D eigenvalue weighted by Crippen LogP contribution is 2.37. The van der Waals surface area contributed by atoms with E-state index in [0.717, 1.165) is 0 Å². The lowest BCUT2D eigenvalue weighted by Gasteiger charge is -2.21. The van der Waals surface area contributed by atoms with Crippen LogP contribution in [0.1, 0.15) is 48.1 Å². The van der Waals surface area contributed by atoms with Crippen LogP contribution in [0.3, 0.4) is 0 Å². The molecule has 2 aromatic carbocycles. The molecule has 33 heavy (non-hydrogen) atoms. The molecule has 2 aromatic rings. The van der Waals surface area contributed by atoms with Gasteiger partial charge in [0.2, 0.25) is 11.8 Å². The Labute approximate surface area is 187 Å². The topological polar surface area (TPSA) is 87.3 Å². The first-order chi connectivity index (χ1) is 15.5. The molecule has 0 bridgehead atoms. The summed E-state index contributed by atoms with van der Waals surface area (Å²) in [4.78, 5) is 36.3. The van der Waals surface area contributed by atoms with Crippen molar-refractivity contribution in [1.29, 1.82) is 0 Å². The van der Waals surface area contributed by atoms with Crippen LogP contribution in [0.25, 0.3) is 11.1 Å². The first-order valence-corrected chi connectivity index (χ1v) is 10.3. The van der Waals surface area contributed by atoms with Crippen molar-refractivity contribution >= 4 is 17.7 Å². The van der Waals surface area contributed by atoms with Crippen LogP contribution < -0.4 is 16.0 Å². The zero-order chi connectivity index (χ0) is 24.4. The van der Waals surface area contributed by atoms with Gasteiger partial charge in [-0.15, -0.1) is 0 Å². The predicted octanol–water partition coefficient (Wildman–Crippen LogP) is 3.63. The van der Waals surface area contributed by atoms with Crippen LogP contribution in [-0.2, 0) is 9.59 Å². The van der Waals surface area contributed by atoms with Crippen molar-refractivity contribution in [1.82, 2.24) is 16.0 Å². The zero-order valence-electron chi connectivity index (χ0n) is 18.0. The summed E-state index contributed by atoms with van der Waals surface area (Å²) in [6, 6.07) is 10.6. The molecule has 3 amide bonds. The first-order valence-electron chi connectivity index (χ1n) is 10.3. The molecule has 10 heteroatoms. The van der Waals surface area contributed by atoms with Crippen LogP contribution in [0.4, 0.5) is 17.6 Å². The van der Waals surface area contributed by atoms with E-state index in [0.29, 0.717) is 16.7 Å². The molecule has 1 atom stereocenters. The zero-order valence-corrected chi connectivity index (χ0v) is 18.0. The molecule has 1 aliphatic rings. The molecule has 0 heterocycles. The van der Waals surface area contributed by atoms with Gasteiger partial charge in [-0.1, -0.05) is 36.4 Å². The smallest absolute Gasteiger partial charge is 0.355 e. The van der Waals surface area contributed by atoms with E-state index in [1.54, 1.807) is 37.3 Å². The van der Waals surface area contributed by atoms with E-state index in [1.165, 1.54) is 19.2 Å². The highest BCUT2D eigenvalue weighted by atomic mass is 19.4. The summed E-state index contributed by atoms with van der Waals surface area (Å²) in [5.41, 5.74) is 0.276. The normalized spacial score (nSPS) is 15.3. The van der Waals surface area contributed by atoms with Gasteiger partial charge >= 0.3 is 6.18 Å². The van der Waals surface area contributed by atoms with Crippen molar-refractivity contribution in [3.63, 3.8) is 0 Å². The molecule has 0 unspecified atom stereocenters. The van der Waals surface area contributed by atoms with Crippen molar-refractivity contribution in [3.05, 3.63) is 59.4 Å². The summed E-state index contributed by atoms with van der Waals surface area (Å²) in [7, 11) is 1.41. The van der Waals surface area contributed by atoms with Crippen LogP contribution in [0.15, 0.2) is 42.5 Å². The van der Waals surface area contributed by atoms with Crippen molar-refractivity contribution in [2.45, 2.75) is 43.9 Å². The molecule has 0 radical (unpaired) electrons. The van der Waals surface area contributed by atoms with Crippen molar-refractivity contribution in [2.24, 2.45) is 0 Å². The summed E-state index contributed by atoms with van der Waals surface area (Å²) >= 11 is 0. The fraction of sp³-hybridized carbons (Fsp3) is 0.348. The average molecular weight is 465 g/mol. The number of nitrogens with one attached hydrogen (secondary N) is 3. The van der Waals surface area contributed by atoms with E-state index < -0.39 is 47.7 Å². The minimum Gasteiger partial charge on any atom is -0.355 e. The molecule has 1 aliphatic carbocycles. The summed E-state index contributed by atoms with van der Waals surface area (Å²) in [5, 5.41) is 7.32. The van der Waals surface area contributed by atoms with Crippen LogP contribution in [0, 0.1) is 5.82 Å². The number of alkyl halides is 3. The van der Waals surface area contributed by atoms with E-state index in [4.69, 9.17) is 0 Å². The Morgan fingerprint density at radius 2 is 1.70 bits per heavy atom. The molecule has 0 aliphatic heterocycles. The third kappa shape index (κ3) is 5.68. The molecule has 3 rings (SSSR count). The van der Waals surface area contributed by atoms with Crippen LogP contribution in [0.5, 0.6) is 0 Å². The number of hydrogen-bond donors (Lipinski definition) is 3. The molecular formula is C23H23F4N3O3. The molecule has 0 spiro atoms. The van der Waals surface area contributed by atoms with Crippen molar-refractivity contribution < 1.29 is 31.9 Å². The lowest BCUT2D eigenvalue weighted by molar-refractivity contribution is -0.155. The van der Waals surface area contributed by atoms with Gasteiger partial charge in [0, 0.05) is 7.05 Å². The first kappa shape index (κ1) is 24.2. The van der Waals surface area contributed by atoms with E-state index >= 15 is 0 Å². The lowest BCUT2D eigenvalue weighted by Crippen LogP contribution is -2.50. The maximum Gasteiger partial charge on any atom is 0.397 e. The van der Waals surface area contributed by atoms with Crippen LogP contribution in [-0.4, -0.2) is 36.5 Å². The van der Waals surface area contributed by atoms with Gasteiger partial charge in [0.25, 0.3) is 5.91 Å². The maximum absolute atomic E-state index is 14.2. The van der Waals surface area contributed by atoms with Crippen LogP contribution >= 0.6 is 0 Å². The van der Waals surface area contributed by atoms with E-state index in [-0.39, 0.29) is 18.4 Å². The van der Waals surface area contributed by atoms with Gasteiger partial charge in [-0.2, -0.15) is 13.2 Å². The third-order valence-electron chi connectivity index (χ3n) is 5.46. The number of hydrogen-bond acceptors (Lipinski definition) is 3. The third-order valence-corrected chi connectivity index (χ3v) is 5.46. The molecule has 0 saturated heterocycles. The standard InChI is InChI=1S/C23H23F4N3O3/c1-13(29-21(33)22(10-11-22)30-18(31)12-23(25,26)27)14-6-8-15(9-7-14)16-4-3-5-17(24)19(16)20(32)28-2/h3-9,13H,10-12H2,1-2H3,(H,28,32)(H,29,33)(H,30,31)/t13-/m1/s1. The lowest BCUT2D eigenvalue weighted by atomic mass is 9.96. The Morgan fingerprint density at radius 3 is 2.24 bits per heavy atom. The highest BCUT2D eigenvalue weighted by molar-refractivity contribution is 6.01. The number of amides is 3. The molecule has 176 valence electrons. The fourth-order valence-corrected chi connectivity index (χ4v) is 3.52. The highest BCUT2D eigenvalue weighted by Gasteiger charge is 2.52. The second-order valence-electron chi connectivity index (χ2n) is 7.98. The van der Waals surface area contributed by atoms with Gasteiger partial charge in [-0.05, 0) is 42.5 Å². The quantitative estimate of drug-likeness (QED) is 0.546. The van der Waals surface area contributed by atoms with E-state index in [9.17, 15) is 31.9 Å². The van der Waals surface area contributed by atoms with Crippen molar-refractivity contribution in [2.75, 3.05) is 7.05 Å². The van der Waals surface area contributed by atoms with Gasteiger partial charge in [0.1, 0.15) is 17.8 Å². The van der Waals surface area contributed by atoms with Gasteiger partial charge in [-0.3, -0.25) is 14.4 Å². The molecule has 1 fully saturated rings. The van der Waals surface area contributed by atoms with Crippen molar-refractivity contribution in [3.8, 4) is 11.1 Å². The minimum absolute atomic E-state index is 0.0839. The number of rotatable bonds is 7. The summed E-state index contributed by atoms with van der Waals surface area (Å²) in [6.07, 6.45) is -5.77. The maximum atomic E-state index is 14.2. The summed E-state index contributed by atoms with van der Waals surface area (Å²) < 4.78 is 51.4. The Kier molecular flexibility index (Phi) is 6.76. The Balaban J connectivity index is 1.70. The molecule has 1 saturated carbocycles. The number of benzene rings is 2. The van der Waals surface area contributed by atoms with E-state index in [2.05, 4.69) is 16.0 Å². The van der Waals surface area contributed by atoms with Crippen LogP contribution in [0.2, 0.25) is 0 Å². The molecule has 3 N–H and O–H groups in total. The Hall–Kier alpha value is -3.43. The summed E-state index contributed by atoms with van der Waals surface area (Å²) in [6.45, 7) is 1.69. The monoisotopic (exact) mass is 465 g/mol. The second-order valence-corrected chi connectivity index (χ2v) is 7.98. The Morgan fingerprint density at radius 1 is 1.06 bits per heavy atom. The SMILES string of the molecule is CNC(=O)c1c(F)cccc1-c1ccc([C@@H](C)NC(=O)C2(NC(=O)CC(F)(F)F)CC2)cc1. The number of halogens is 4. The van der Waals surface area contributed by atoms with E-state index in [1.807, 2.05) is 0 Å². The van der Waals surface area contributed by atoms with Gasteiger partial charge in [0.05, 0.1) is 11.6 Å². The van der Waals surface area contributed by atoms with Gasteiger partial charge in [-0.25, -0.2) is 4.39 Å². The fourth-order valence-electron chi connectivity index (χ4n) is 3.52. The predicted molar refractivity (Wildman–Crippen MR) is 113 cm³/mol. The Bertz CT molecular complexity index is 1060. The number of carbonyl (C=O) groups excluding carboxylic acids is 3. The molecule has 0 aromatic heterocycles. The average Bonchev–Trinajstić information content (AvgIpc) is 3.52. The summed E-state index contributed by atoms with van der Waals surface area (Å²) in [5.74, 6) is -3.01.